The number of rotatable bonds is 6. The van der Waals surface area contributed by atoms with Gasteiger partial charge in [0.15, 0.2) is 0 Å². The van der Waals surface area contributed by atoms with Crippen LogP contribution >= 0.6 is 0 Å². The van der Waals surface area contributed by atoms with E-state index >= 15 is 0 Å². The Balaban J connectivity index is 1.27. The molecule has 2 fully saturated rings. The summed E-state index contributed by atoms with van der Waals surface area (Å²) >= 11 is 0. The van der Waals surface area contributed by atoms with Crippen molar-refractivity contribution in [2.45, 2.75) is 76.0 Å². The largest absolute Gasteiger partial charge is 0.398 e. The average Bonchev–Trinajstić information content (AvgIpc) is 3.23. The highest BCUT2D eigenvalue weighted by atomic mass is 14.6. The Bertz CT molecular complexity index is 2280. The maximum atomic E-state index is 7.23. The second-order valence-electron chi connectivity index (χ2n) is 15.4. The molecule has 4 N–H and O–H groups in total. The predicted octanol–water partition coefficient (Wildman–Crippen LogP) is 13.9. The summed E-state index contributed by atoms with van der Waals surface area (Å²) in [5.74, 6) is 1.36. The third kappa shape index (κ3) is 6.05. The number of nitrogen functional groups attached to an aromatic ring is 2. The number of hydrogen-bond donors (Lipinski definition) is 2. The Labute approximate surface area is 308 Å². The molecular formula is C50H48N2. The molecule has 0 saturated heterocycles. The van der Waals surface area contributed by atoms with E-state index in [0.29, 0.717) is 11.8 Å². The molecule has 7 aromatic rings. The summed E-state index contributed by atoms with van der Waals surface area (Å²) in [5.41, 5.74) is 28.2. The highest BCUT2D eigenvalue weighted by molar-refractivity contribution is 6.24. The lowest BCUT2D eigenvalue weighted by atomic mass is 9.82. The summed E-state index contributed by atoms with van der Waals surface area (Å²) in [7, 11) is 0. The van der Waals surface area contributed by atoms with Gasteiger partial charge in [-0.1, -0.05) is 154 Å². The summed E-state index contributed by atoms with van der Waals surface area (Å²) < 4.78 is 0. The molecule has 2 aliphatic rings. The molecule has 2 nitrogen and oxygen atoms in total. The summed E-state index contributed by atoms with van der Waals surface area (Å²) in [6.45, 7) is 0. The first-order chi connectivity index (χ1) is 25.6. The van der Waals surface area contributed by atoms with Gasteiger partial charge in [-0.15, -0.1) is 0 Å². The van der Waals surface area contributed by atoms with Crippen LogP contribution in [0.5, 0.6) is 0 Å². The molecule has 0 unspecified atom stereocenters. The van der Waals surface area contributed by atoms with Crippen molar-refractivity contribution < 1.29 is 0 Å². The summed E-state index contributed by atoms with van der Waals surface area (Å²) in [4.78, 5) is 0. The smallest absolute Gasteiger partial charge is 0.0481 e. The van der Waals surface area contributed by atoms with Crippen molar-refractivity contribution >= 4 is 32.9 Å². The number of nitrogens with two attached hydrogens (primary N) is 2. The molecule has 0 spiro atoms. The minimum atomic E-state index is 0.680. The second-order valence-corrected chi connectivity index (χ2v) is 15.4. The van der Waals surface area contributed by atoms with E-state index in [1.54, 1.807) is 0 Å². The number of benzene rings is 7. The van der Waals surface area contributed by atoms with E-state index in [2.05, 4.69) is 127 Å². The Morgan fingerprint density at radius 1 is 0.365 bits per heavy atom. The van der Waals surface area contributed by atoms with Gasteiger partial charge in [0.2, 0.25) is 0 Å². The zero-order chi connectivity index (χ0) is 35.0. The molecule has 9 rings (SSSR count). The Kier molecular flexibility index (Phi) is 8.76. The topological polar surface area (TPSA) is 52.0 Å². The molecule has 2 heteroatoms. The normalized spacial score (nSPS) is 15.7. The molecule has 0 atom stereocenters. The monoisotopic (exact) mass is 676 g/mol. The molecule has 0 aliphatic heterocycles. The number of anilines is 2. The van der Waals surface area contributed by atoms with E-state index in [-0.39, 0.29) is 0 Å². The van der Waals surface area contributed by atoms with Crippen LogP contribution < -0.4 is 11.5 Å². The lowest BCUT2D eigenvalue weighted by molar-refractivity contribution is 0.443. The minimum Gasteiger partial charge on any atom is -0.398 e. The van der Waals surface area contributed by atoms with E-state index in [1.807, 2.05) is 6.07 Å². The van der Waals surface area contributed by atoms with Gasteiger partial charge >= 0.3 is 0 Å². The van der Waals surface area contributed by atoms with Crippen LogP contribution in [0, 0.1) is 0 Å². The minimum absolute atomic E-state index is 0.680. The van der Waals surface area contributed by atoms with Crippen LogP contribution in [0.3, 0.4) is 0 Å². The Morgan fingerprint density at radius 2 is 0.846 bits per heavy atom. The summed E-state index contributed by atoms with van der Waals surface area (Å²) in [5, 5.41) is 4.00. The summed E-state index contributed by atoms with van der Waals surface area (Å²) in [6.07, 6.45) is 13.3. The van der Waals surface area contributed by atoms with Gasteiger partial charge in [-0.3, -0.25) is 0 Å². The quantitative estimate of drug-likeness (QED) is 0.105. The van der Waals surface area contributed by atoms with Gasteiger partial charge < -0.3 is 11.5 Å². The first-order valence-corrected chi connectivity index (χ1v) is 19.6. The molecule has 2 saturated carbocycles. The molecule has 0 radical (unpaired) electrons. The fourth-order valence-corrected chi connectivity index (χ4v) is 9.37. The standard InChI is InChI=1S/C50H48N2/c51-49-44-18-10-11-19-45(44)50(52)48-46(49)29-28-43(39-16-8-3-9-17-39)47(48)42-31-40(37-24-20-35(21-25-37)33-12-4-1-5-13-33)30-41(32-42)38-26-22-36(23-27-38)34-14-6-2-7-15-34/h3,8-11,16-34H,1-2,4-7,12-15,51-52H2. The molecule has 52 heavy (non-hydrogen) atoms. The van der Waals surface area contributed by atoms with Gasteiger partial charge in [-0.2, -0.15) is 0 Å². The predicted molar refractivity (Wildman–Crippen MR) is 224 cm³/mol. The Hall–Kier alpha value is -5.34. The summed E-state index contributed by atoms with van der Waals surface area (Å²) in [6, 6.07) is 49.4. The van der Waals surface area contributed by atoms with Gasteiger partial charge in [-0.25, -0.2) is 0 Å². The van der Waals surface area contributed by atoms with Crippen molar-refractivity contribution in [1.29, 1.82) is 0 Å². The van der Waals surface area contributed by atoms with Crippen LogP contribution in [0.4, 0.5) is 11.4 Å². The van der Waals surface area contributed by atoms with E-state index < -0.39 is 0 Å². The molecule has 2 aliphatic carbocycles. The van der Waals surface area contributed by atoms with Gasteiger partial charge in [0.05, 0.1) is 0 Å². The first kappa shape index (κ1) is 32.6. The molecular weight excluding hydrogens is 629 g/mol. The van der Waals surface area contributed by atoms with E-state index in [1.165, 1.54) is 97.6 Å². The van der Waals surface area contributed by atoms with E-state index in [0.717, 1.165) is 55.2 Å². The zero-order valence-corrected chi connectivity index (χ0v) is 30.1. The lowest BCUT2D eigenvalue weighted by Gasteiger charge is -2.23. The van der Waals surface area contributed by atoms with Crippen LogP contribution in [-0.4, -0.2) is 0 Å². The van der Waals surface area contributed by atoms with E-state index in [4.69, 9.17) is 11.5 Å². The van der Waals surface area contributed by atoms with Crippen molar-refractivity contribution in [2.24, 2.45) is 0 Å². The third-order valence-corrected chi connectivity index (χ3v) is 12.2. The van der Waals surface area contributed by atoms with Gasteiger partial charge in [0.25, 0.3) is 0 Å². The van der Waals surface area contributed by atoms with Gasteiger partial charge in [0, 0.05) is 32.9 Å². The average molecular weight is 677 g/mol. The molecule has 258 valence electrons. The fraction of sp³-hybridized carbons (Fsp3) is 0.240. The lowest BCUT2D eigenvalue weighted by Crippen LogP contribution is -2.04. The molecule has 0 amide bonds. The Morgan fingerprint density at radius 3 is 1.38 bits per heavy atom. The molecule has 0 heterocycles. The van der Waals surface area contributed by atoms with Crippen molar-refractivity contribution in [3.05, 3.63) is 145 Å². The molecule has 0 aromatic heterocycles. The zero-order valence-electron chi connectivity index (χ0n) is 30.1. The van der Waals surface area contributed by atoms with Crippen LogP contribution in [0.1, 0.15) is 87.2 Å². The maximum absolute atomic E-state index is 7.23. The third-order valence-electron chi connectivity index (χ3n) is 12.2. The SMILES string of the molecule is Nc1c2ccccc2c(N)c2c(-c3cc(-c4ccc(C5CCCCC5)cc4)cc(-c4ccc(C5CCCCC5)cc4)c3)c(-c3ccccc3)ccc12. The van der Waals surface area contributed by atoms with Crippen molar-refractivity contribution in [2.75, 3.05) is 11.5 Å². The number of hydrogen-bond acceptors (Lipinski definition) is 2. The molecule has 0 bridgehead atoms. The van der Waals surface area contributed by atoms with Gasteiger partial charge in [0.1, 0.15) is 0 Å². The molecule has 7 aromatic carbocycles. The van der Waals surface area contributed by atoms with Crippen LogP contribution in [0.2, 0.25) is 0 Å². The van der Waals surface area contributed by atoms with Crippen molar-refractivity contribution in [1.82, 2.24) is 0 Å². The van der Waals surface area contributed by atoms with Crippen LogP contribution in [0.25, 0.3) is 66.1 Å². The number of fused-ring (bicyclic) bond motifs is 2. The highest BCUT2D eigenvalue weighted by Gasteiger charge is 2.21. The second kappa shape index (κ2) is 14.0. The first-order valence-electron chi connectivity index (χ1n) is 19.6. The highest BCUT2D eigenvalue weighted by Crippen LogP contribution is 2.47. The maximum Gasteiger partial charge on any atom is 0.0481 e. The van der Waals surface area contributed by atoms with Crippen LogP contribution in [-0.2, 0) is 0 Å². The fourth-order valence-electron chi connectivity index (χ4n) is 9.37. The van der Waals surface area contributed by atoms with E-state index in [9.17, 15) is 0 Å². The van der Waals surface area contributed by atoms with Crippen molar-refractivity contribution in [3.63, 3.8) is 0 Å². The van der Waals surface area contributed by atoms with Gasteiger partial charge in [-0.05, 0) is 111 Å². The van der Waals surface area contributed by atoms with Crippen LogP contribution in [0.15, 0.2) is 133 Å². The van der Waals surface area contributed by atoms with Crippen molar-refractivity contribution in [3.8, 4) is 44.5 Å².